The van der Waals surface area contributed by atoms with Crippen LogP contribution in [-0.4, -0.2) is 35.5 Å². The summed E-state index contributed by atoms with van der Waals surface area (Å²) in [6.07, 6.45) is 2.19. The second-order valence-corrected chi connectivity index (χ2v) is 6.24. The fourth-order valence-electron chi connectivity index (χ4n) is 2.62. The highest BCUT2D eigenvalue weighted by Gasteiger charge is 2.39. The fourth-order valence-corrected chi connectivity index (χ4v) is 2.62. The van der Waals surface area contributed by atoms with Crippen LogP contribution in [0, 0.1) is 17.3 Å². The topological polar surface area (TPSA) is 57.6 Å². The van der Waals surface area contributed by atoms with Crippen LogP contribution in [0.2, 0.25) is 0 Å². The third-order valence-corrected chi connectivity index (χ3v) is 3.24. The molecule has 0 radical (unpaired) electrons. The van der Waals surface area contributed by atoms with Crippen LogP contribution in [0.4, 0.5) is 0 Å². The molecular formula is C13H23NO3. The van der Waals surface area contributed by atoms with E-state index in [0.717, 1.165) is 6.42 Å². The zero-order valence-electron chi connectivity index (χ0n) is 11.2. The van der Waals surface area contributed by atoms with Crippen LogP contribution in [0.5, 0.6) is 0 Å². The monoisotopic (exact) mass is 241 g/mol. The molecule has 0 heterocycles. The van der Waals surface area contributed by atoms with Crippen molar-refractivity contribution in [2.45, 2.75) is 40.0 Å². The van der Waals surface area contributed by atoms with E-state index in [1.54, 1.807) is 11.9 Å². The lowest BCUT2D eigenvalue weighted by Crippen LogP contribution is -2.40. The molecule has 1 N–H and O–H groups in total. The number of nitrogens with zero attached hydrogens (tertiary/aromatic N) is 1. The van der Waals surface area contributed by atoms with E-state index in [2.05, 4.69) is 20.8 Å². The lowest BCUT2D eigenvalue weighted by Gasteiger charge is -2.29. The molecule has 0 aromatic carbocycles. The van der Waals surface area contributed by atoms with Gasteiger partial charge in [-0.05, 0) is 18.3 Å². The highest BCUT2D eigenvalue weighted by molar-refractivity contribution is 5.85. The van der Waals surface area contributed by atoms with E-state index >= 15 is 0 Å². The molecule has 0 saturated heterocycles. The molecule has 1 rings (SSSR count). The van der Waals surface area contributed by atoms with Crippen molar-refractivity contribution in [3.8, 4) is 0 Å². The lowest BCUT2D eigenvalue weighted by molar-refractivity contribution is -0.149. The molecule has 0 aromatic heterocycles. The normalized spacial score (nSPS) is 24.7. The first-order valence-corrected chi connectivity index (χ1v) is 6.20. The van der Waals surface area contributed by atoms with Crippen LogP contribution in [0.15, 0.2) is 0 Å². The molecule has 2 atom stereocenters. The van der Waals surface area contributed by atoms with Crippen molar-refractivity contribution in [1.29, 1.82) is 0 Å². The Morgan fingerprint density at radius 2 is 1.76 bits per heavy atom. The summed E-state index contributed by atoms with van der Waals surface area (Å²) >= 11 is 0. The zero-order chi connectivity index (χ0) is 13.2. The first kappa shape index (κ1) is 14.0. The van der Waals surface area contributed by atoms with Gasteiger partial charge in [0.15, 0.2) is 0 Å². The van der Waals surface area contributed by atoms with Crippen molar-refractivity contribution >= 4 is 11.9 Å². The minimum absolute atomic E-state index is 0.00942. The van der Waals surface area contributed by atoms with E-state index in [9.17, 15) is 9.59 Å². The largest absolute Gasteiger partial charge is 0.481 e. The number of rotatable bonds is 3. The Morgan fingerprint density at radius 1 is 1.24 bits per heavy atom. The number of carboxylic acids is 1. The van der Waals surface area contributed by atoms with Gasteiger partial charge in [-0.1, -0.05) is 27.2 Å². The molecule has 1 saturated carbocycles. The Labute approximate surface area is 103 Å². The van der Waals surface area contributed by atoms with Gasteiger partial charge in [0.25, 0.3) is 0 Å². The van der Waals surface area contributed by atoms with Crippen molar-refractivity contribution < 1.29 is 14.7 Å². The number of hydrogen-bond acceptors (Lipinski definition) is 2. The van der Waals surface area contributed by atoms with Gasteiger partial charge in [0, 0.05) is 13.6 Å². The molecule has 1 amide bonds. The van der Waals surface area contributed by atoms with Crippen LogP contribution in [0.25, 0.3) is 0 Å². The molecule has 4 heteroatoms. The summed E-state index contributed by atoms with van der Waals surface area (Å²) in [6.45, 7) is 6.87. The predicted molar refractivity (Wildman–Crippen MR) is 65.6 cm³/mol. The van der Waals surface area contributed by atoms with Crippen molar-refractivity contribution in [3.63, 3.8) is 0 Å². The summed E-state index contributed by atoms with van der Waals surface area (Å²) in [5.41, 5.74) is 0.0434. The number of amides is 1. The molecule has 0 unspecified atom stereocenters. The van der Waals surface area contributed by atoms with Crippen LogP contribution in [0.1, 0.15) is 40.0 Å². The van der Waals surface area contributed by atoms with Gasteiger partial charge in [-0.15, -0.1) is 0 Å². The Bertz CT molecular complexity index is 306. The summed E-state index contributed by atoms with van der Waals surface area (Å²) in [5.74, 6) is -1.64. The molecule has 0 spiro atoms. The number of aliphatic carboxylic acids is 1. The standard InChI is InChI=1S/C13H23NO3/c1-13(2,3)8-14(4)11(15)9-6-5-7-10(9)12(16)17/h9-10H,5-8H2,1-4H3,(H,16,17)/t9-,10+/m1/s1. The van der Waals surface area contributed by atoms with E-state index in [1.807, 2.05) is 0 Å². The van der Waals surface area contributed by atoms with Crippen molar-refractivity contribution in [2.24, 2.45) is 17.3 Å². The Hall–Kier alpha value is -1.06. The van der Waals surface area contributed by atoms with Crippen molar-refractivity contribution in [3.05, 3.63) is 0 Å². The van der Waals surface area contributed by atoms with Crippen molar-refractivity contribution in [2.75, 3.05) is 13.6 Å². The van der Waals surface area contributed by atoms with Gasteiger partial charge >= 0.3 is 5.97 Å². The summed E-state index contributed by atoms with van der Waals surface area (Å²) in [5, 5.41) is 9.08. The smallest absolute Gasteiger partial charge is 0.307 e. The summed E-state index contributed by atoms with van der Waals surface area (Å²) in [6, 6.07) is 0. The van der Waals surface area contributed by atoms with Crippen LogP contribution < -0.4 is 0 Å². The first-order valence-electron chi connectivity index (χ1n) is 6.20. The fraction of sp³-hybridized carbons (Fsp3) is 0.846. The third-order valence-electron chi connectivity index (χ3n) is 3.24. The molecule has 0 aromatic rings. The van der Waals surface area contributed by atoms with E-state index in [-0.39, 0.29) is 17.2 Å². The molecule has 1 aliphatic rings. The van der Waals surface area contributed by atoms with E-state index in [0.29, 0.717) is 19.4 Å². The summed E-state index contributed by atoms with van der Waals surface area (Å²) in [4.78, 5) is 24.9. The molecule has 1 aliphatic carbocycles. The second-order valence-electron chi connectivity index (χ2n) is 6.24. The molecule has 1 fully saturated rings. The summed E-state index contributed by atoms with van der Waals surface area (Å²) in [7, 11) is 1.77. The average molecular weight is 241 g/mol. The maximum Gasteiger partial charge on any atom is 0.307 e. The van der Waals surface area contributed by atoms with Gasteiger partial charge < -0.3 is 10.0 Å². The molecule has 0 bridgehead atoms. The third kappa shape index (κ3) is 3.72. The van der Waals surface area contributed by atoms with Gasteiger partial charge in [0.2, 0.25) is 5.91 Å². The van der Waals surface area contributed by atoms with E-state index in [1.165, 1.54) is 0 Å². The molecule has 98 valence electrons. The Morgan fingerprint density at radius 3 is 2.24 bits per heavy atom. The van der Waals surface area contributed by atoms with E-state index in [4.69, 9.17) is 5.11 Å². The van der Waals surface area contributed by atoms with Gasteiger partial charge in [-0.25, -0.2) is 0 Å². The van der Waals surface area contributed by atoms with Gasteiger partial charge in [0.1, 0.15) is 0 Å². The minimum atomic E-state index is -0.829. The van der Waals surface area contributed by atoms with E-state index < -0.39 is 11.9 Å². The number of hydrogen-bond donors (Lipinski definition) is 1. The predicted octanol–water partition coefficient (Wildman–Crippen LogP) is 1.99. The maximum atomic E-state index is 12.2. The quantitative estimate of drug-likeness (QED) is 0.822. The Balaban J connectivity index is 2.66. The highest BCUT2D eigenvalue weighted by atomic mass is 16.4. The maximum absolute atomic E-state index is 12.2. The van der Waals surface area contributed by atoms with Gasteiger partial charge in [0.05, 0.1) is 11.8 Å². The number of carbonyl (C=O) groups excluding carboxylic acids is 1. The molecular weight excluding hydrogens is 218 g/mol. The number of carboxylic acid groups (broad SMARTS) is 1. The highest BCUT2D eigenvalue weighted by Crippen LogP contribution is 2.33. The average Bonchev–Trinajstić information content (AvgIpc) is 2.61. The SMILES string of the molecule is CN(CC(C)(C)C)C(=O)[C@@H]1CCC[C@@H]1C(=O)O. The summed E-state index contributed by atoms with van der Waals surface area (Å²) < 4.78 is 0. The minimum Gasteiger partial charge on any atom is -0.481 e. The lowest BCUT2D eigenvalue weighted by atomic mass is 9.92. The molecule has 4 nitrogen and oxygen atoms in total. The zero-order valence-corrected chi connectivity index (χ0v) is 11.2. The second kappa shape index (κ2) is 5.07. The first-order chi connectivity index (χ1) is 7.72. The van der Waals surface area contributed by atoms with Gasteiger partial charge in [-0.2, -0.15) is 0 Å². The van der Waals surface area contributed by atoms with Gasteiger partial charge in [-0.3, -0.25) is 9.59 Å². The molecule has 0 aliphatic heterocycles. The number of carbonyl (C=O) groups is 2. The molecule has 17 heavy (non-hydrogen) atoms. The van der Waals surface area contributed by atoms with Crippen LogP contribution in [0.3, 0.4) is 0 Å². The van der Waals surface area contributed by atoms with Crippen molar-refractivity contribution in [1.82, 2.24) is 4.90 Å². The van der Waals surface area contributed by atoms with Crippen LogP contribution in [-0.2, 0) is 9.59 Å². The Kier molecular flexibility index (Phi) is 4.17. The van der Waals surface area contributed by atoms with Crippen LogP contribution >= 0.6 is 0 Å².